The number of ether oxygens (including phenoxy) is 1. The predicted octanol–water partition coefficient (Wildman–Crippen LogP) is 4.12. The minimum atomic E-state index is -0.730. The molecule has 0 aliphatic heterocycles. The number of nitrogens with zero attached hydrogens (tertiary/aromatic N) is 1. The van der Waals surface area contributed by atoms with E-state index in [0.29, 0.717) is 17.4 Å². The molecular weight excluding hydrogens is 308 g/mol. The molecule has 1 unspecified atom stereocenters. The van der Waals surface area contributed by atoms with Crippen molar-refractivity contribution in [3.05, 3.63) is 64.2 Å². The molecule has 0 heterocycles. The standard InChI is InChI=1S/C18H20N2O4/c1-12(2)14-6-4-9-17(10-14)24-13(3)18(21)19-15-7-5-8-16(11-15)20(22)23/h4-13H,1-3H3,(H,19,21). The SMILES string of the molecule is CC(Oc1cccc(C(C)C)c1)C(=O)Nc1cccc([N+](=O)[O-])c1. The molecule has 0 radical (unpaired) electrons. The molecule has 0 saturated heterocycles. The maximum absolute atomic E-state index is 12.2. The van der Waals surface area contributed by atoms with Gasteiger partial charge in [-0.2, -0.15) is 0 Å². The number of benzene rings is 2. The van der Waals surface area contributed by atoms with Crippen LogP contribution in [0.1, 0.15) is 32.3 Å². The van der Waals surface area contributed by atoms with Crippen LogP contribution >= 0.6 is 0 Å². The van der Waals surface area contributed by atoms with Crippen LogP contribution in [0, 0.1) is 10.1 Å². The number of nitro benzene ring substituents is 1. The maximum atomic E-state index is 12.2. The van der Waals surface area contributed by atoms with E-state index in [2.05, 4.69) is 19.2 Å². The second kappa shape index (κ2) is 7.59. The Kier molecular flexibility index (Phi) is 5.52. The van der Waals surface area contributed by atoms with Crippen molar-refractivity contribution in [3.63, 3.8) is 0 Å². The van der Waals surface area contributed by atoms with Gasteiger partial charge in [0.2, 0.25) is 0 Å². The van der Waals surface area contributed by atoms with Crippen molar-refractivity contribution < 1.29 is 14.5 Å². The fourth-order valence-corrected chi connectivity index (χ4v) is 2.15. The minimum absolute atomic E-state index is 0.0778. The predicted molar refractivity (Wildman–Crippen MR) is 92.3 cm³/mol. The highest BCUT2D eigenvalue weighted by molar-refractivity contribution is 5.94. The van der Waals surface area contributed by atoms with E-state index in [-0.39, 0.29) is 11.6 Å². The molecule has 0 bridgehead atoms. The topological polar surface area (TPSA) is 81.5 Å². The number of nitro groups is 1. The molecule has 0 saturated carbocycles. The fraction of sp³-hybridized carbons (Fsp3) is 0.278. The zero-order valence-corrected chi connectivity index (χ0v) is 13.9. The van der Waals surface area contributed by atoms with Gasteiger partial charge in [-0.25, -0.2) is 0 Å². The molecule has 126 valence electrons. The van der Waals surface area contributed by atoms with Gasteiger partial charge in [0.15, 0.2) is 6.10 Å². The van der Waals surface area contributed by atoms with Gasteiger partial charge in [0, 0.05) is 17.8 Å². The van der Waals surface area contributed by atoms with Crippen LogP contribution in [-0.2, 0) is 4.79 Å². The van der Waals surface area contributed by atoms with E-state index in [1.165, 1.54) is 18.2 Å². The van der Waals surface area contributed by atoms with Crippen molar-refractivity contribution in [3.8, 4) is 5.75 Å². The summed E-state index contributed by atoms with van der Waals surface area (Å²) < 4.78 is 5.67. The van der Waals surface area contributed by atoms with Crippen LogP contribution in [0.2, 0.25) is 0 Å². The van der Waals surface area contributed by atoms with Gasteiger partial charge < -0.3 is 10.1 Å². The van der Waals surface area contributed by atoms with Gasteiger partial charge in [0.25, 0.3) is 11.6 Å². The number of carbonyl (C=O) groups is 1. The van der Waals surface area contributed by atoms with Crippen molar-refractivity contribution >= 4 is 17.3 Å². The molecule has 0 spiro atoms. The van der Waals surface area contributed by atoms with Gasteiger partial charge in [-0.1, -0.05) is 32.0 Å². The normalized spacial score (nSPS) is 11.8. The second-order valence-corrected chi connectivity index (χ2v) is 5.78. The molecule has 1 N–H and O–H groups in total. The van der Waals surface area contributed by atoms with Crippen LogP contribution in [0.4, 0.5) is 11.4 Å². The van der Waals surface area contributed by atoms with Crippen LogP contribution in [0.25, 0.3) is 0 Å². The maximum Gasteiger partial charge on any atom is 0.271 e. The monoisotopic (exact) mass is 328 g/mol. The first-order valence-electron chi connectivity index (χ1n) is 7.68. The Bertz CT molecular complexity index is 743. The Morgan fingerprint density at radius 2 is 1.83 bits per heavy atom. The summed E-state index contributed by atoms with van der Waals surface area (Å²) in [7, 11) is 0. The number of anilines is 1. The minimum Gasteiger partial charge on any atom is -0.481 e. The molecular formula is C18H20N2O4. The second-order valence-electron chi connectivity index (χ2n) is 5.78. The summed E-state index contributed by atoms with van der Waals surface area (Å²) in [5, 5.41) is 13.4. The van der Waals surface area contributed by atoms with E-state index >= 15 is 0 Å². The van der Waals surface area contributed by atoms with E-state index in [9.17, 15) is 14.9 Å². The van der Waals surface area contributed by atoms with Gasteiger partial charge in [-0.05, 0) is 36.6 Å². The van der Waals surface area contributed by atoms with Crippen LogP contribution in [0.3, 0.4) is 0 Å². The van der Waals surface area contributed by atoms with Gasteiger partial charge in [0.1, 0.15) is 5.75 Å². The summed E-state index contributed by atoms with van der Waals surface area (Å²) in [6.07, 6.45) is -0.730. The van der Waals surface area contributed by atoms with Crippen molar-refractivity contribution in [2.45, 2.75) is 32.8 Å². The molecule has 6 heteroatoms. The van der Waals surface area contributed by atoms with Crippen molar-refractivity contribution in [2.24, 2.45) is 0 Å². The van der Waals surface area contributed by atoms with Crippen LogP contribution in [0.15, 0.2) is 48.5 Å². The number of nitrogens with one attached hydrogen (secondary N) is 1. The Hall–Kier alpha value is -2.89. The van der Waals surface area contributed by atoms with Gasteiger partial charge in [-0.15, -0.1) is 0 Å². The Morgan fingerprint density at radius 3 is 2.50 bits per heavy atom. The van der Waals surface area contributed by atoms with Gasteiger partial charge in [-0.3, -0.25) is 14.9 Å². The number of carbonyl (C=O) groups excluding carboxylic acids is 1. The number of rotatable bonds is 6. The molecule has 2 aromatic rings. The molecule has 24 heavy (non-hydrogen) atoms. The highest BCUT2D eigenvalue weighted by atomic mass is 16.6. The zero-order valence-electron chi connectivity index (χ0n) is 13.9. The quantitative estimate of drug-likeness (QED) is 0.638. The number of hydrogen-bond donors (Lipinski definition) is 1. The molecule has 6 nitrogen and oxygen atoms in total. The van der Waals surface area contributed by atoms with E-state index in [4.69, 9.17) is 4.74 Å². The third kappa shape index (κ3) is 4.55. The van der Waals surface area contributed by atoms with Crippen molar-refractivity contribution in [1.82, 2.24) is 0 Å². The lowest BCUT2D eigenvalue weighted by molar-refractivity contribution is -0.384. The average molecular weight is 328 g/mol. The molecule has 0 aliphatic rings. The number of amides is 1. The molecule has 0 aliphatic carbocycles. The van der Waals surface area contributed by atoms with Crippen LogP contribution in [0.5, 0.6) is 5.75 Å². The third-order valence-corrected chi connectivity index (χ3v) is 3.53. The van der Waals surface area contributed by atoms with Crippen molar-refractivity contribution in [2.75, 3.05) is 5.32 Å². The highest BCUT2D eigenvalue weighted by Crippen LogP contribution is 2.22. The van der Waals surface area contributed by atoms with E-state index in [1.807, 2.05) is 18.2 Å². The third-order valence-electron chi connectivity index (χ3n) is 3.53. The van der Waals surface area contributed by atoms with Crippen LogP contribution in [-0.4, -0.2) is 16.9 Å². The summed E-state index contributed by atoms with van der Waals surface area (Å²) in [6.45, 7) is 5.80. The molecule has 0 fully saturated rings. The lowest BCUT2D eigenvalue weighted by atomic mass is 10.0. The van der Waals surface area contributed by atoms with Gasteiger partial charge in [0.05, 0.1) is 4.92 Å². The summed E-state index contributed by atoms with van der Waals surface area (Å²) >= 11 is 0. The smallest absolute Gasteiger partial charge is 0.271 e. The molecule has 1 atom stereocenters. The lowest BCUT2D eigenvalue weighted by Gasteiger charge is -2.16. The molecule has 2 aromatic carbocycles. The molecule has 2 rings (SSSR count). The Morgan fingerprint density at radius 1 is 1.12 bits per heavy atom. The first-order chi connectivity index (χ1) is 11.4. The average Bonchev–Trinajstić information content (AvgIpc) is 2.55. The van der Waals surface area contributed by atoms with Gasteiger partial charge >= 0.3 is 0 Å². The summed E-state index contributed by atoms with van der Waals surface area (Å²) in [4.78, 5) is 22.5. The van der Waals surface area contributed by atoms with Crippen LogP contribution < -0.4 is 10.1 Å². The Balaban J connectivity index is 2.03. The van der Waals surface area contributed by atoms with E-state index in [1.54, 1.807) is 19.1 Å². The molecule has 0 aromatic heterocycles. The first-order valence-corrected chi connectivity index (χ1v) is 7.68. The number of non-ortho nitro benzene ring substituents is 1. The van der Waals surface area contributed by atoms with E-state index < -0.39 is 11.0 Å². The van der Waals surface area contributed by atoms with E-state index in [0.717, 1.165) is 5.56 Å². The molecule has 1 amide bonds. The summed E-state index contributed by atoms with van der Waals surface area (Å²) in [6, 6.07) is 13.4. The number of hydrogen-bond acceptors (Lipinski definition) is 4. The Labute approximate surface area is 140 Å². The summed E-state index contributed by atoms with van der Waals surface area (Å²) in [5.41, 5.74) is 1.41. The highest BCUT2D eigenvalue weighted by Gasteiger charge is 2.16. The fourth-order valence-electron chi connectivity index (χ4n) is 2.15. The van der Waals surface area contributed by atoms with Crippen molar-refractivity contribution in [1.29, 1.82) is 0 Å². The lowest BCUT2D eigenvalue weighted by Crippen LogP contribution is -2.30. The first kappa shape index (κ1) is 17.5. The summed E-state index contributed by atoms with van der Waals surface area (Å²) in [5.74, 6) is 0.607. The zero-order chi connectivity index (χ0) is 17.7. The largest absolute Gasteiger partial charge is 0.481 e.